The third-order valence-corrected chi connectivity index (χ3v) is 10.3. The van der Waals surface area contributed by atoms with Crippen LogP contribution in [0, 0.1) is 13.8 Å². The maximum atomic E-state index is 11.8. The highest BCUT2D eigenvalue weighted by Crippen LogP contribution is 2.33. The SMILES string of the molecule is Cc1nn(C)c(C)c1CN1CCC(Nc2c(Cl)cnc3nc(-c4ccc(N5CCN(S(C)(=O)=O)CC5)cc4)[nH]c23)CC1. The Morgan fingerprint density at radius 2 is 1.74 bits per heavy atom. The number of imidazole rings is 1. The Balaban J connectivity index is 1.12. The van der Waals surface area contributed by atoms with E-state index in [1.807, 2.05) is 23.9 Å². The number of benzene rings is 1. The van der Waals surface area contributed by atoms with Gasteiger partial charge in [0.1, 0.15) is 11.3 Å². The predicted octanol–water partition coefficient (Wildman–Crippen LogP) is 3.79. The molecule has 0 saturated carbocycles. The number of nitrogens with one attached hydrogen (secondary N) is 2. The van der Waals surface area contributed by atoms with Gasteiger partial charge in [-0.3, -0.25) is 9.58 Å². The van der Waals surface area contributed by atoms with E-state index >= 15 is 0 Å². The largest absolute Gasteiger partial charge is 0.379 e. The first-order valence-corrected chi connectivity index (χ1v) is 16.6. The number of H-pyrrole nitrogens is 1. The van der Waals surface area contributed by atoms with Crippen molar-refractivity contribution in [3.05, 3.63) is 52.4 Å². The average Bonchev–Trinajstić information content (AvgIpc) is 3.51. The zero-order valence-electron chi connectivity index (χ0n) is 24.6. The monoisotopic (exact) mass is 611 g/mol. The Morgan fingerprint density at radius 1 is 1.05 bits per heavy atom. The maximum Gasteiger partial charge on any atom is 0.211 e. The van der Waals surface area contributed by atoms with Crippen molar-refractivity contribution in [3.63, 3.8) is 0 Å². The number of aryl methyl sites for hydroxylation is 2. The van der Waals surface area contributed by atoms with Gasteiger partial charge in [0.15, 0.2) is 5.65 Å². The zero-order chi connectivity index (χ0) is 29.6. The Hall–Kier alpha value is -3.19. The number of pyridine rings is 1. The van der Waals surface area contributed by atoms with Crippen LogP contribution in [0.4, 0.5) is 11.4 Å². The number of fused-ring (bicyclic) bond motifs is 1. The lowest BCUT2D eigenvalue weighted by molar-refractivity contribution is 0.210. The van der Waals surface area contributed by atoms with Crippen LogP contribution in [-0.4, -0.2) is 93.9 Å². The van der Waals surface area contributed by atoms with Gasteiger partial charge in [-0.25, -0.2) is 18.4 Å². The molecule has 0 bridgehead atoms. The summed E-state index contributed by atoms with van der Waals surface area (Å²) in [7, 11) is -1.15. The molecule has 2 saturated heterocycles. The number of hydrogen-bond donors (Lipinski definition) is 2. The number of aromatic nitrogens is 5. The number of piperidine rings is 1. The summed E-state index contributed by atoms with van der Waals surface area (Å²) in [5.74, 6) is 0.730. The minimum atomic E-state index is -3.15. The molecule has 224 valence electrons. The number of hydrogen-bond acceptors (Lipinski definition) is 8. The molecule has 5 heterocycles. The van der Waals surface area contributed by atoms with Crippen molar-refractivity contribution >= 4 is 44.2 Å². The summed E-state index contributed by atoms with van der Waals surface area (Å²) in [5, 5.41) is 8.84. The number of anilines is 2. The topological polar surface area (TPSA) is 115 Å². The Labute approximate surface area is 251 Å². The molecule has 13 heteroatoms. The molecule has 11 nitrogen and oxygen atoms in total. The Kier molecular flexibility index (Phi) is 7.90. The third kappa shape index (κ3) is 5.85. The second-order valence-corrected chi connectivity index (χ2v) is 13.8. The molecule has 0 radical (unpaired) electrons. The van der Waals surface area contributed by atoms with Gasteiger partial charge in [-0.1, -0.05) is 11.6 Å². The minimum Gasteiger partial charge on any atom is -0.379 e. The summed E-state index contributed by atoms with van der Waals surface area (Å²) in [5.41, 5.74) is 7.96. The highest BCUT2D eigenvalue weighted by atomic mass is 35.5. The van der Waals surface area contributed by atoms with E-state index in [0.29, 0.717) is 42.9 Å². The van der Waals surface area contributed by atoms with Crippen molar-refractivity contribution in [1.29, 1.82) is 0 Å². The fourth-order valence-electron chi connectivity index (χ4n) is 6.03. The zero-order valence-corrected chi connectivity index (χ0v) is 26.1. The van der Waals surface area contributed by atoms with Crippen LogP contribution in [-0.2, 0) is 23.6 Å². The predicted molar refractivity (Wildman–Crippen MR) is 168 cm³/mol. The number of rotatable bonds is 7. The second kappa shape index (κ2) is 11.5. The summed E-state index contributed by atoms with van der Waals surface area (Å²) >= 11 is 6.66. The molecular weight excluding hydrogens is 574 g/mol. The molecule has 2 N–H and O–H groups in total. The molecule has 1 aromatic carbocycles. The first-order chi connectivity index (χ1) is 20.1. The number of likely N-dealkylation sites (tertiary alicyclic amines) is 1. The maximum absolute atomic E-state index is 11.8. The summed E-state index contributed by atoms with van der Waals surface area (Å²) < 4.78 is 27.2. The van der Waals surface area contributed by atoms with Gasteiger partial charge < -0.3 is 15.2 Å². The van der Waals surface area contributed by atoms with Gasteiger partial charge in [0.25, 0.3) is 0 Å². The van der Waals surface area contributed by atoms with Crippen LogP contribution in [0.2, 0.25) is 5.02 Å². The molecule has 4 aromatic rings. The van der Waals surface area contributed by atoms with E-state index in [0.717, 1.165) is 66.4 Å². The van der Waals surface area contributed by atoms with Crippen molar-refractivity contribution in [2.24, 2.45) is 7.05 Å². The second-order valence-electron chi connectivity index (χ2n) is 11.4. The molecule has 2 aliphatic heterocycles. The molecule has 6 rings (SSSR count). The lowest BCUT2D eigenvalue weighted by atomic mass is 10.0. The van der Waals surface area contributed by atoms with Gasteiger partial charge in [0, 0.05) is 81.4 Å². The van der Waals surface area contributed by atoms with E-state index in [1.165, 1.54) is 21.8 Å². The molecule has 0 amide bonds. The van der Waals surface area contributed by atoms with E-state index in [2.05, 4.69) is 56.2 Å². The molecule has 42 heavy (non-hydrogen) atoms. The van der Waals surface area contributed by atoms with E-state index in [9.17, 15) is 8.42 Å². The van der Waals surface area contributed by atoms with Crippen LogP contribution in [0.3, 0.4) is 0 Å². The summed E-state index contributed by atoms with van der Waals surface area (Å²) in [6.45, 7) is 9.47. The quantitative estimate of drug-likeness (QED) is 0.324. The van der Waals surface area contributed by atoms with Crippen LogP contribution in [0.5, 0.6) is 0 Å². The molecule has 0 aliphatic carbocycles. The molecule has 0 atom stereocenters. The van der Waals surface area contributed by atoms with Gasteiger partial charge in [-0.2, -0.15) is 9.40 Å². The highest BCUT2D eigenvalue weighted by Gasteiger charge is 2.25. The van der Waals surface area contributed by atoms with Crippen LogP contribution >= 0.6 is 11.6 Å². The lowest BCUT2D eigenvalue weighted by Crippen LogP contribution is -2.48. The molecule has 2 aliphatic rings. The minimum absolute atomic E-state index is 0.301. The van der Waals surface area contributed by atoms with Gasteiger partial charge in [0.05, 0.1) is 28.9 Å². The van der Waals surface area contributed by atoms with Crippen molar-refractivity contribution in [2.45, 2.75) is 39.3 Å². The smallest absolute Gasteiger partial charge is 0.211 e. The Morgan fingerprint density at radius 3 is 2.36 bits per heavy atom. The van der Waals surface area contributed by atoms with Crippen LogP contribution in [0.15, 0.2) is 30.5 Å². The van der Waals surface area contributed by atoms with Crippen molar-refractivity contribution in [2.75, 3.05) is 55.7 Å². The van der Waals surface area contributed by atoms with Crippen molar-refractivity contribution in [1.82, 2.24) is 33.9 Å². The number of aromatic amines is 1. The van der Waals surface area contributed by atoms with Gasteiger partial charge in [-0.15, -0.1) is 0 Å². The lowest BCUT2D eigenvalue weighted by Gasteiger charge is -2.34. The van der Waals surface area contributed by atoms with Gasteiger partial charge in [0.2, 0.25) is 10.0 Å². The number of sulfonamides is 1. The van der Waals surface area contributed by atoms with E-state index in [-0.39, 0.29) is 0 Å². The first kappa shape index (κ1) is 28.9. The van der Waals surface area contributed by atoms with E-state index in [4.69, 9.17) is 16.6 Å². The number of nitrogens with zero attached hydrogens (tertiary/aromatic N) is 7. The molecule has 2 fully saturated rings. The normalized spacial score (nSPS) is 17.8. The summed E-state index contributed by atoms with van der Waals surface area (Å²) in [6, 6.07) is 8.48. The third-order valence-electron chi connectivity index (χ3n) is 8.66. The molecule has 3 aromatic heterocycles. The fraction of sp³-hybridized carbons (Fsp3) is 0.483. The average molecular weight is 612 g/mol. The molecule has 0 spiro atoms. The summed E-state index contributed by atoms with van der Waals surface area (Å²) in [6.07, 6.45) is 4.96. The standard InChI is InChI=1S/C29H38ClN9O2S/c1-19-24(20(2)36(3)35-19)18-37-11-9-22(10-12-37)32-26-25(30)17-31-29-27(26)33-28(34-29)21-5-7-23(8-6-21)38-13-15-39(16-14-38)42(4,40)41/h5-8,17,22H,9-16,18H2,1-4H3,(H2,31,32,33,34). The first-order valence-electron chi connectivity index (χ1n) is 14.4. The number of piperazine rings is 1. The van der Waals surface area contributed by atoms with Crippen molar-refractivity contribution in [3.8, 4) is 11.4 Å². The molecular formula is C29H38ClN9O2S. The fourth-order valence-corrected chi connectivity index (χ4v) is 7.05. The van der Waals surface area contributed by atoms with Gasteiger partial charge >= 0.3 is 0 Å². The number of halogens is 1. The molecule has 0 unspecified atom stereocenters. The van der Waals surface area contributed by atoms with Crippen LogP contribution < -0.4 is 10.2 Å². The highest BCUT2D eigenvalue weighted by molar-refractivity contribution is 7.88. The van der Waals surface area contributed by atoms with Gasteiger partial charge in [-0.05, 0) is 51.0 Å². The van der Waals surface area contributed by atoms with Crippen LogP contribution in [0.1, 0.15) is 29.8 Å². The van der Waals surface area contributed by atoms with Crippen molar-refractivity contribution < 1.29 is 8.42 Å². The Bertz CT molecular complexity index is 1680. The summed E-state index contributed by atoms with van der Waals surface area (Å²) in [4.78, 5) is 17.4. The van der Waals surface area contributed by atoms with Crippen LogP contribution in [0.25, 0.3) is 22.6 Å². The van der Waals surface area contributed by atoms with E-state index < -0.39 is 10.0 Å². The van der Waals surface area contributed by atoms with E-state index in [1.54, 1.807) is 6.20 Å².